The maximum atomic E-state index is 13.8. The van der Waals surface area contributed by atoms with Crippen LogP contribution >= 0.6 is 0 Å². The third-order valence-electron chi connectivity index (χ3n) is 5.33. The summed E-state index contributed by atoms with van der Waals surface area (Å²) in [5.74, 6) is -0.0965. The smallest absolute Gasteiger partial charge is 0.234 e. The van der Waals surface area contributed by atoms with Crippen molar-refractivity contribution in [2.75, 3.05) is 19.6 Å². The molecule has 3 rings (SSSR count). The van der Waals surface area contributed by atoms with Crippen molar-refractivity contribution >= 4 is 5.91 Å². The summed E-state index contributed by atoms with van der Waals surface area (Å²) in [6.45, 7) is 1.60. The van der Waals surface area contributed by atoms with E-state index in [0.717, 1.165) is 25.8 Å². The zero-order valence-electron chi connectivity index (χ0n) is 14.1. The molecule has 24 heavy (non-hydrogen) atoms. The van der Waals surface area contributed by atoms with Crippen molar-refractivity contribution in [1.82, 2.24) is 10.2 Å². The van der Waals surface area contributed by atoms with E-state index in [9.17, 15) is 14.3 Å². The Morgan fingerprint density at radius 2 is 2.00 bits per heavy atom. The van der Waals surface area contributed by atoms with E-state index < -0.39 is 6.10 Å². The van der Waals surface area contributed by atoms with Gasteiger partial charge in [-0.3, -0.25) is 9.69 Å². The van der Waals surface area contributed by atoms with Gasteiger partial charge in [0.1, 0.15) is 5.82 Å². The molecule has 1 amide bonds. The Hall–Kier alpha value is -1.46. The van der Waals surface area contributed by atoms with Crippen molar-refractivity contribution in [3.63, 3.8) is 0 Å². The molecule has 0 bridgehead atoms. The molecular formula is C19H27FN2O2. The lowest BCUT2D eigenvalue weighted by molar-refractivity contribution is -0.124. The van der Waals surface area contributed by atoms with Crippen LogP contribution in [0.15, 0.2) is 24.3 Å². The predicted molar refractivity (Wildman–Crippen MR) is 91.1 cm³/mol. The van der Waals surface area contributed by atoms with Gasteiger partial charge >= 0.3 is 0 Å². The fraction of sp³-hybridized carbons (Fsp3) is 0.632. The lowest BCUT2D eigenvalue weighted by Gasteiger charge is -2.35. The summed E-state index contributed by atoms with van der Waals surface area (Å²) in [5.41, 5.74) is 0.661. The second kappa shape index (κ2) is 8.08. The fourth-order valence-electron chi connectivity index (χ4n) is 3.92. The Morgan fingerprint density at radius 3 is 2.71 bits per heavy atom. The number of piperidine rings is 1. The van der Waals surface area contributed by atoms with Gasteiger partial charge in [0.25, 0.3) is 0 Å². The third-order valence-corrected chi connectivity index (χ3v) is 5.33. The Labute approximate surface area is 143 Å². The Balaban J connectivity index is 1.46. The summed E-state index contributed by atoms with van der Waals surface area (Å²) < 4.78 is 13.8. The molecule has 2 atom stereocenters. The zero-order chi connectivity index (χ0) is 16.9. The number of aliphatic hydroxyl groups excluding tert-OH is 1. The van der Waals surface area contributed by atoms with Crippen molar-refractivity contribution in [3.8, 4) is 0 Å². The first-order valence-corrected chi connectivity index (χ1v) is 9.05. The minimum atomic E-state index is -0.516. The van der Waals surface area contributed by atoms with Crippen LogP contribution in [0.4, 0.5) is 4.39 Å². The molecule has 1 saturated heterocycles. The number of hydrogen-bond acceptors (Lipinski definition) is 3. The monoisotopic (exact) mass is 334 g/mol. The molecule has 4 nitrogen and oxygen atoms in total. The van der Waals surface area contributed by atoms with Gasteiger partial charge in [-0.25, -0.2) is 4.39 Å². The topological polar surface area (TPSA) is 52.6 Å². The first-order valence-electron chi connectivity index (χ1n) is 9.05. The second-order valence-corrected chi connectivity index (χ2v) is 7.20. The van der Waals surface area contributed by atoms with Gasteiger partial charge in [-0.2, -0.15) is 0 Å². The van der Waals surface area contributed by atoms with Crippen LogP contribution in [0.1, 0.15) is 37.7 Å². The number of aliphatic hydroxyl groups is 1. The lowest BCUT2D eigenvalue weighted by atomic mass is 9.87. The van der Waals surface area contributed by atoms with Gasteiger partial charge in [0.15, 0.2) is 0 Å². The van der Waals surface area contributed by atoms with Crippen LogP contribution < -0.4 is 5.32 Å². The molecule has 1 aromatic rings. The number of likely N-dealkylation sites (tertiary alicyclic amines) is 1. The Bertz CT molecular complexity index is 560. The number of halogens is 1. The van der Waals surface area contributed by atoms with E-state index in [1.54, 1.807) is 12.1 Å². The number of nitrogens with one attached hydrogen (secondary N) is 1. The molecule has 132 valence electrons. The molecule has 0 unspecified atom stereocenters. The second-order valence-electron chi connectivity index (χ2n) is 7.20. The van der Waals surface area contributed by atoms with Gasteiger partial charge in [0.05, 0.1) is 12.6 Å². The highest BCUT2D eigenvalue weighted by molar-refractivity contribution is 5.78. The Morgan fingerprint density at radius 1 is 1.25 bits per heavy atom. The van der Waals surface area contributed by atoms with Crippen LogP contribution in [-0.2, 0) is 11.2 Å². The van der Waals surface area contributed by atoms with Crippen LogP contribution in [0.3, 0.4) is 0 Å². The zero-order valence-corrected chi connectivity index (χ0v) is 14.1. The molecule has 0 aromatic heterocycles. The van der Waals surface area contributed by atoms with Crippen molar-refractivity contribution in [3.05, 3.63) is 35.6 Å². The van der Waals surface area contributed by atoms with Crippen molar-refractivity contribution < 1.29 is 14.3 Å². The quantitative estimate of drug-likeness (QED) is 0.867. The molecular weight excluding hydrogens is 307 g/mol. The highest BCUT2D eigenvalue weighted by Crippen LogP contribution is 2.23. The molecule has 0 radical (unpaired) electrons. The summed E-state index contributed by atoms with van der Waals surface area (Å²) in [7, 11) is 0. The maximum absolute atomic E-state index is 13.8. The van der Waals surface area contributed by atoms with E-state index in [4.69, 9.17) is 0 Å². The van der Waals surface area contributed by atoms with E-state index in [0.29, 0.717) is 31.1 Å². The highest BCUT2D eigenvalue weighted by Gasteiger charge is 2.29. The van der Waals surface area contributed by atoms with E-state index in [1.165, 1.54) is 18.9 Å². The molecule has 0 spiro atoms. The highest BCUT2D eigenvalue weighted by atomic mass is 19.1. The number of benzene rings is 1. The molecule has 1 aliphatic heterocycles. The van der Waals surface area contributed by atoms with Gasteiger partial charge in [-0.15, -0.1) is 0 Å². The van der Waals surface area contributed by atoms with E-state index in [1.807, 2.05) is 11.0 Å². The summed E-state index contributed by atoms with van der Waals surface area (Å²) in [6.07, 6.45) is 5.38. The van der Waals surface area contributed by atoms with E-state index in [2.05, 4.69) is 5.32 Å². The normalized spacial score (nSPS) is 25.8. The number of amides is 1. The van der Waals surface area contributed by atoms with Gasteiger partial charge in [0.2, 0.25) is 5.91 Å². The van der Waals surface area contributed by atoms with Crippen LogP contribution in [0.5, 0.6) is 0 Å². The summed E-state index contributed by atoms with van der Waals surface area (Å²) in [4.78, 5) is 14.1. The number of β-amino-alcohol motifs (C(OH)–C–C–N with tert-alkyl or cyclic N) is 1. The molecule has 2 N–H and O–H groups in total. The average Bonchev–Trinajstić information content (AvgIpc) is 3.04. The van der Waals surface area contributed by atoms with Crippen molar-refractivity contribution in [2.24, 2.45) is 5.92 Å². The van der Waals surface area contributed by atoms with Gasteiger partial charge in [0, 0.05) is 12.6 Å². The molecule has 1 aromatic carbocycles. The molecule has 1 heterocycles. The fourth-order valence-corrected chi connectivity index (χ4v) is 3.92. The largest absolute Gasteiger partial charge is 0.391 e. The number of hydrogen-bond donors (Lipinski definition) is 2. The number of rotatable bonds is 5. The van der Waals surface area contributed by atoms with Crippen LogP contribution in [-0.4, -0.2) is 47.7 Å². The first kappa shape index (κ1) is 17.4. The van der Waals surface area contributed by atoms with Gasteiger partial charge in [-0.1, -0.05) is 31.0 Å². The first-order chi connectivity index (χ1) is 11.6. The van der Waals surface area contributed by atoms with Crippen LogP contribution in [0, 0.1) is 11.7 Å². The van der Waals surface area contributed by atoms with Crippen LogP contribution in [0.25, 0.3) is 0 Å². The standard InChI is InChI=1S/C19H27FN2O2/c20-17-8-4-1-5-14(17)11-15-9-10-22(12-18(15)23)13-19(24)21-16-6-2-3-7-16/h1,4-5,8,15-16,18,23H,2-3,6-7,9-13H2,(H,21,24)/t15-,18-/m1/s1. The molecule has 2 aliphatic rings. The summed E-state index contributed by atoms with van der Waals surface area (Å²) in [6, 6.07) is 7.09. The molecule has 2 fully saturated rings. The van der Waals surface area contributed by atoms with Gasteiger partial charge in [-0.05, 0) is 49.8 Å². The minimum Gasteiger partial charge on any atom is -0.391 e. The third kappa shape index (κ3) is 4.54. The van der Waals surface area contributed by atoms with E-state index >= 15 is 0 Å². The lowest BCUT2D eigenvalue weighted by Crippen LogP contribution is -2.49. The van der Waals surface area contributed by atoms with Crippen molar-refractivity contribution in [1.29, 1.82) is 0 Å². The maximum Gasteiger partial charge on any atom is 0.234 e. The number of carbonyl (C=O) groups excluding carboxylic acids is 1. The number of nitrogens with zero attached hydrogens (tertiary/aromatic N) is 1. The molecule has 5 heteroatoms. The van der Waals surface area contributed by atoms with Gasteiger partial charge < -0.3 is 10.4 Å². The van der Waals surface area contributed by atoms with E-state index in [-0.39, 0.29) is 17.6 Å². The predicted octanol–water partition coefficient (Wildman–Crippen LogP) is 2.11. The summed E-state index contributed by atoms with van der Waals surface area (Å²) in [5, 5.41) is 13.5. The number of carbonyl (C=O) groups is 1. The minimum absolute atomic E-state index is 0.0519. The average molecular weight is 334 g/mol. The van der Waals surface area contributed by atoms with Crippen LogP contribution in [0.2, 0.25) is 0 Å². The molecule has 1 saturated carbocycles. The summed E-state index contributed by atoms with van der Waals surface area (Å²) >= 11 is 0. The Kier molecular flexibility index (Phi) is 5.85. The molecule has 1 aliphatic carbocycles. The SMILES string of the molecule is O=C(CN1CC[C@H](Cc2ccccc2F)[C@H](O)C1)NC1CCCC1. The van der Waals surface area contributed by atoms with Crippen molar-refractivity contribution in [2.45, 2.75) is 50.7 Å².